The summed E-state index contributed by atoms with van der Waals surface area (Å²) < 4.78 is 21.7. The molecule has 1 aromatic rings. The Morgan fingerprint density at radius 3 is 1.72 bits per heavy atom. The van der Waals surface area contributed by atoms with Crippen molar-refractivity contribution >= 4 is 0 Å². The molecule has 3 rings (SSSR count). The molecule has 5 nitrogen and oxygen atoms in total. The van der Waals surface area contributed by atoms with Gasteiger partial charge in [-0.25, -0.2) is 0 Å². The van der Waals surface area contributed by atoms with Crippen LogP contribution in [-0.2, 0) is 31.8 Å². The molecule has 18 heavy (non-hydrogen) atoms. The fraction of sp³-hybridized carbons (Fsp3) is 0.615. The molecular weight excluding hydrogens is 234 g/mol. The number of ether oxygens (including phenoxy) is 4. The summed E-state index contributed by atoms with van der Waals surface area (Å²) in [5.41, 5.74) is 2.25. The van der Waals surface area contributed by atoms with E-state index in [1.54, 1.807) is 0 Å². The van der Waals surface area contributed by atoms with Crippen molar-refractivity contribution in [3.05, 3.63) is 29.6 Å². The van der Waals surface area contributed by atoms with E-state index >= 15 is 0 Å². The van der Waals surface area contributed by atoms with Gasteiger partial charge in [0.25, 0.3) is 0 Å². The molecule has 2 aliphatic rings. The highest BCUT2D eigenvalue weighted by Gasteiger charge is 2.19. The quantitative estimate of drug-likeness (QED) is 0.796. The third-order valence-electron chi connectivity index (χ3n) is 3.04. The van der Waals surface area contributed by atoms with Crippen molar-refractivity contribution in [1.82, 2.24) is 4.98 Å². The molecule has 0 bridgehead atoms. The van der Waals surface area contributed by atoms with Crippen LogP contribution in [0.15, 0.2) is 18.5 Å². The van der Waals surface area contributed by atoms with E-state index in [1.807, 2.05) is 12.4 Å². The van der Waals surface area contributed by atoms with Crippen LogP contribution in [0, 0.1) is 0 Å². The zero-order valence-corrected chi connectivity index (χ0v) is 10.2. The summed E-state index contributed by atoms with van der Waals surface area (Å²) >= 11 is 0. The smallest absolute Gasteiger partial charge is 0.161 e. The fourth-order valence-corrected chi connectivity index (χ4v) is 2.20. The maximum absolute atomic E-state index is 5.43. The highest BCUT2D eigenvalue weighted by molar-refractivity contribution is 5.19. The molecule has 0 spiro atoms. The highest BCUT2D eigenvalue weighted by Crippen LogP contribution is 2.15. The second-order valence-electron chi connectivity index (χ2n) is 4.45. The van der Waals surface area contributed by atoms with Gasteiger partial charge in [-0.2, -0.15) is 0 Å². The van der Waals surface area contributed by atoms with E-state index in [2.05, 4.69) is 11.1 Å². The van der Waals surface area contributed by atoms with E-state index < -0.39 is 0 Å². The first-order valence-electron chi connectivity index (χ1n) is 6.29. The van der Waals surface area contributed by atoms with Gasteiger partial charge in [0.2, 0.25) is 0 Å². The van der Waals surface area contributed by atoms with Crippen LogP contribution in [0.1, 0.15) is 11.1 Å². The summed E-state index contributed by atoms with van der Waals surface area (Å²) in [7, 11) is 0. The summed E-state index contributed by atoms with van der Waals surface area (Å²) in [4.78, 5) is 4.25. The lowest BCUT2D eigenvalue weighted by Crippen LogP contribution is -2.14. The van der Waals surface area contributed by atoms with Crippen molar-refractivity contribution < 1.29 is 18.9 Å². The Balaban J connectivity index is 1.60. The number of aromatic nitrogens is 1. The Bertz CT molecular complexity index is 353. The molecule has 0 unspecified atom stereocenters. The van der Waals surface area contributed by atoms with E-state index in [9.17, 15) is 0 Å². The molecule has 0 amide bonds. The number of nitrogens with zero attached hydrogens (tertiary/aromatic N) is 1. The highest BCUT2D eigenvalue weighted by atomic mass is 16.7. The van der Waals surface area contributed by atoms with Crippen molar-refractivity contribution in [3.8, 4) is 0 Å². The van der Waals surface area contributed by atoms with Gasteiger partial charge in [0.05, 0.1) is 26.4 Å². The van der Waals surface area contributed by atoms with Gasteiger partial charge in [0.15, 0.2) is 12.6 Å². The molecule has 0 aliphatic carbocycles. The average molecular weight is 251 g/mol. The first-order chi connectivity index (χ1) is 8.90. The maximum Gasteiger partial charge on any atom is 0.161 e. The van der Waals surface area contributed by atoms with Gasteiger partial charge in [0.1, 0.15) is 0 Å². The minimum absolute atomic E-state index is 0.124. The monoisotopic (exact) mass is 251 g/mol. The SMILES string of the molecule is c1ncc(CC2OCCO2)cc1CC1OCCO1. The summed E-state index contributed by atoms with van der Waals surface area (Å²) in [5.74, 6) is 0. The fourth-order valence-electron chi connectivity index (χ4n) is 2.20. The molecule has 3 heterocycles. The first kappa shape index (κ1) is 12.0. The summed E-state index contributed by atoms with van der Waals surface area (Å²) in [6, 6.07) is 2.11. The topological polar surface area (TPSA) is 49.8 Å². The van der Waals surface area contributed by atoms with Crippen molar-refractivity contribution in [1.29, 1.82) is 0 Å². The molecule has 0 aromatic carbocycles. The predicted octanol–water partition coefficient (Wildman–Crippen LogP) is 0.912. The van der Waals surface area contributed by atoms with Gasteiger partial charge in [-0.1, -0.05) is 6.07 Å². The Kier molecular flexibility index (Phi) is 3.85. The van der Waals surface area contributed by atoms with Crippen molar-refractivity contribution in [2.24, 2.45) is 0 Å². The van der Waals surface area contributed by atoms with Crippen LogP contribution in [0.25, 0.3) is 0 Å². The Morgan fingerprint density at radius 2 is 1.28 bits per heavy atom. The molecule has 2 aliphatic heterocycles. The van der Waals surface area contributed by atoms with Gasteiger partial charge >= 0.3 is 0 Å². The standard InChI is InChI=1S/C13H17NO4/c1-2-16-12(15-1)6-10-5-11(9-14-8-10)7-13-17-3-4-18-13/h5,8-9,12-13H,1-4,6-7H2. The molecule has 1 aromatic heterocycles. The third-order valence-corrected chi connectivity index (χ3v) is 3.04. The lowest BCUT2D eigenvalue weighted by Gasteiger charge is -2.11. The molecule has 98 valence electrons. The summed E-state index contributed by atoms with van der Waals surface area (Å²) in [5, 5.41) is 0. The molecule has 0 saturated carbocycles. The summed E-state index contributed by atoms with van der Waals surface area (Å²) in [6.45, 7) is 2.73. The van der Waals surface area contributed by atoms with Gasteiger partial charge < -0.3 is 18.9 Å². The summed E-state index contributed by atoms with van der Waals surface area (Å²) in [6.07, 6.45) is 4.94. The molecule has 0 atom stereocenters. The van der Waals surface area contributed by atoms with E-state index in [0.717, 1.165) is 24.0 Å². The Labute approximate surface area is 106 Å². The zero-order valence-electron chi connectivity index (χ0n) is 10.2. The first-order valence-corrected chi connectivity index (χ1v) is 6.29. The van der Waals surface area contributed by atoms with Crippen molar-refractivity contribution in [3.63, 3.8) is 0 Å². The van der Waals surface area contributed by atoms with Crippen LogP contribution in [-0.4, -0.2) is 44.0 Å². The number of hydrogen-bond donors (Lipinski definition) is 0. The molecule has 0 radical (unpaired) electrons. The van der Waals surface area contributed by atoms with Crippen LogP contribution in [0.2, 0.25) is 0 Å². The minimum atomic E-state index is -0.124. The lowest BCUT2D eigenvalue weighted by molar-refractivity contribution is -0.0408. The normalized spacial score (nSPS) is 21.8. The van der Waals surface area contributed by atoms with Gasteiger partial charge in [-0.3, -0.25) is 4.98 Å². The Morgan fingerprint density at radius 1 is 0.833 bits per heavy atom. The van der Waals surface area contributed by atoms with Crippen LogP contribution < -0.4 is 0 Å². The van der Waals surface area contributed by atoms with Gasteiger partial charge in [0, 0.05) is 25.2 Å². The zero-order chi connectivity index (χ0) is 12.2. The molecule has 2 fully saturated rings. The van der Waals surface area contributed by atoms with E-state index in [4.69, 9.17) is 18.9 Å². The van der Waals surface area contributed by atoms with Gasteiger partial charge in [-0.05, 0) is 11.1 Å². The number of hydrogen-bond acceptors (Lipinski definition) is 5. The van der Waals surface area contributed by atoms with Crippen LogP contribution >= 0.6 is 0 Å². The lowest BCUT2D eigenvalue weighted by atomic mass is 10.1. The van der Waals surface area contributed by atoms with E-state index in [-0.39, 0.29) is 12.6 Å². The average Bonchev–Trinajstić information content (AvgIpc) is 3.03. The second kappa shape index (κ2) is 5.75. The second-order valence-corrected chi connectivity index (χ2v) is 4.45. The number of pyridine rings is 1. The maximum atomic E-state index is 5.43. The van der Waals surface area contributed by atoms with Crippen molar-refractivity contribution in [2.75, 3.05) is 26.4 Å². The van der Waals surface area contributed by atoms with Crippen LogP contribution in [0.3, 0.4) is 0 Å². The van der Waals surface area contributed by atoms with Crippen molar-refractivity contribution in [2.45, 2.75) is 25.4 Å². The van der Waals surface area contributed by atoms with Crippen LogP contribution in [0.4, 0.5) is 0 Å². The third kappa shape index (κ3) is 3.05. The molecule has 2 saturated heterocycles. The Hall–Kier alpha value is -1.01. The largest absolute Gasteiger partial charge is 0.350 e. The predicted molar refractivity (Wildman–Crippen MR) is 63.0 cm³/mol. The van der Waals surface area contributed by atoms with Crippen LogP contribution in [0.5, 0.6) is 0 Å². The minimum Gasteiger partial charge on any atom is -0.350 e. The van der Waals surface area contributed by atoms with Gasteiger partial charge in [-0.15, -0.1) is 0 Å². The van der Waals surface area contributed by atoms with E-state index in [0.29, 0.717) is 26.4 Å². The molecule has 0 N–H and O–H groups in total. The molecular formula is C13H17NO4. The van der Waals surface area contributed by atoms with E-state index in [1.165, 1.54) is 0 Å². The molecule has 5 heteroatoms. The number of rotatable bonds is 4.